The van der Waals surface area contributed by atoms with Crippen LogP contribution >= 0.6 is 0 Å². The fourth-order valence-electron chi connectivity index (χ4n) is 3.31. The van der Waals surface area contributed by atoms with Gasteiger partial charge >= 0.3 is 0 Å². The Labute approximate surface area is 117 Å². The second kappa shape index (κ2) is 7.09. The Morgan fingerprint density at radius 1 is 1.42 bits per heavy atom. The Hall–Kier alpha value is -0.830. The summed E-state index contributed by atoms with van der Waals surface area (Å²) in [5, 5.41) is 0. The summed E-state index contributed by atoms with van der Waals surface area (Å²) in [5.74, 6) is 0.724. The Morgan fingerprint density at radius 2 is 2.16 bits per heavy atom. The Bertz CT molecular complexity index is 332. The molecule has 1 saturated carbocycles. The van der Waals surface area contributed by atoms with E-state index in [0.717, 1.165) is 51.9 Å². The molecule has 0 aromatic carbocycles. The zero-order chi connectivity index (χ0) is 13.7. The minimum Gasteiger partial charge on any atom is -0.338 e. The SMILES string of the molecule is CCCN(CC1=CCCN(C)C1)C(=O)C1CCCC1. The van der Waals surface area contributed by atoms with Gasteiger partial charge in [-0.25, -0.2) is 0 Å². The summed E-state index contributed by atoms with van der Waals surface area (Å²) in [7, 11) is 2.16. The lowest BCUT2D eigenvalue weighted by atomic mass is 10.0. The summed E-state index contributed by atoms with van der Waals surface area (Å²) in [6, 6.07) is 0. The van der Waals surface area contributed by atoms with Crippen LogP contribution in [0, 0.1) is 5.92 Å². The Kier molecular flexibility index (Phi) is 5.44. The van der Waals surface area contributed by atoms with Gasteiger partial charge in [0.2, 0.25) is 5.91 Å². The van der Waals surface area contributed by atoms with Crippen LogP contribution in [0.4, 0.5) is 0 Å². The lowest BCUT2D eigenvalue weighted by Crippen LogP contribution is -2.39. The fraction of sp³-hybridized carbons (Fsp3) is 0.812. The molecule has 108 valence electrons. The number of hydrogen-bond acceptors (Lipinski definition) is 2. The van der Waals surface area contributed by atoms with Crippen molar-refractivity contribution in [3.63, 3.8) is 0 Å². The summed E-state index contributed by atoms with van der Waals surface area (Å²) in [6.07, 6.45) is 9.22. The van der Waals surface area contributed by atoms with E-state index in [-0.39, 0.29) is 0 Å². The molecule has 1 aliphatic carbocycles. The van der Waals surface area contributed by atoms with E-state index in [9.17, 15) is 4.79 Å². The third-order valence-corrected chi connectivity index (χ3v) is 4.32. The summed E-state index contributed by atoms with van der Waals surface area (Å²) in [5.41, 5.74) is 1.42. The Balaban J connectivity index is 1.94. The van der Waals surface area contributed by atoms with Crippen molar-refractivity contribution >= 4 is 5.91 Å². The summed E-state index contributed by atoms with van der Waals surface area (Å²) < 4.78 is 0. The van der Waals surface area contributed by atoms with Crippen LogP contribution in [-0.4, -0.2) is 48.9 Å². The monoisotopic (exact) mass is 264 g/mol. The highest BCUT2D eigenvalue weighted by Crippen LogP contribution is 2.27. The molecule has 1 fully saturated rings. The van der Waals surface area contributed by atoms with Crippen LogP contribution in [0.2, 0.25) is 0 Å². The highest BCUT2D eigenvalue weighted by molar-refractivity contribution is 5.79. The van der Waals surface area contributed by atoms with E-state index in [0.29, 0.717) is 11.8 Å². The molecule has 0 aromatic rings. The molecule has 0 saturated heterocycles. The lowest BCUT2D eigenvalue weighted by molar-refractivity contribution is -0.135. The van der Waals surface area contributed by atoms with Crippen LogP contribution < -0.4 is 0 Å². The van der Waals surface area contributed by atoms with E-state index in [1.165, 1.54) is 18.4 Å². The predicted molar refractivity (Wildman–Crippen MR) is 79.0 cm³/mol. The number of nitrogens with zero attached hydrogens (tertiary/aromatic N) is 2. The molecule has 0 bridgehead atoms. The molecule has 1 heterocycles. The van der Waals surface area contributed by atoms with Gasteiger partial charge in [-0.15, -0.1) is 0 Å². The second-order valence-corrected chi connectivity index (χ2v) is 6.13. The minimum absolute atomic E-state index is 0.313. The highest BCUT2D eigenvalue weighted by Gasteiger charge is 2.27. The van der Waals surface area contributed by atoms with Crippen LogP contribution in [0.5, 0.6) is 0 Å². The Morgan fingerprint density at radius 3 is 2.79 bits per heavy atom. The average Bonchev–Trinajstić information content (AvgIpc) is 2.91. The predicted octanol–water partition coefficient (Wildman–Crippen LogP) is 2.68. The standard InChI is InChI=1S/C16H28N2O/c1-3-10-18(16(19)15-8-4-5-9-15)13-14-7-6-11-17(2)12-14/h7,15H,3-6,8-13H2,1-2H3. The third-order valence-electron chi connectivity index (χ3n) is 4.32. The lowest BCUT2D eigenvalue weighted by Gasteiger charge is -2.30. The van der Waals surface area contributed by atoms with Crippen LogP contribution in [0.15, 0.2) is 11.6 Å². The smallest absolute Gasteiger partial charge is 0.225 e. The van der Waals surface area contributed by atoms with E-state index in [1.54, 1.807) is 0 Å². The molecule has 3 nitrogen and oxygen atoms in total. The molecular formula is C16H28N2O. The fourth-order valence-corrected chi connectivity index (χ4v) is 3.31. The van der Waals surface area contributed by atoms with Crippen LogP contribution in [0.25, 0.3) is 0 Å². The molecule has 0 atom stereocenters. The van der Waals surface area contributed by atoms with Gasteiger partial charge in [0, 0.05) is 32.1 Å². The van der Waals surface area contributed by atoms with E-state index < -0.39 is 0 Å². The first-order valence-corrected chi connectivity index (χ1v) is 7.86. The number of rotatable bonds is 5. The van der Waals surface area contributed by atoms with E-state index in [4.69, 9.17) is 0 Å². The van der Waals surface area contributed by atoms with Crippen molar-refractivity contribution in [1.29, 1.82) is 0 Å². The van der Waals surface area contributed by atoms with Crippen molar-refractivity contribution < 1.29 is 4.79 Å². The van der Waals surface area contributed by atoms with Gasteiger partial charge in [0.1, 0.15) is 0 Å². The van der Waals surface area contributed by atoms with Gasteiger partial charge in [-0.1, -0.05) is 25.8 Å². The molecule has 0 unspecified atom stereocenters. The van der Waals surface area contributed by atoms with Crippen molar-refractivity contribution in [1.82, 2.24) is 9.80 Å². The number of amides is 1. The van der Waals surface area contributed by atoms with Gasteiger partial charge < -0.3 is 9.80 Å². The summed E-state index contributed by atoms with van der Waals surface area (Å²) in [6.45, 7) is 6.10. The number of likely N-dealkylation sites (N-methyl/N-ethyl adjacent to an activating group) is 1. The van der Waals surface area contributed by atoms with Gasteiger partial charge in [-0.05, 0) is 38.3 Å². The van der Waals surface area contributed by atoms with Crippen LogP contribution in [0.3, 0.4) is 0 Å². The van der Waals surface area contributed by atoms with Crippen molar-refractivity contribution in [2.45, 2.75) is 45.4 Å². The molecule has 0 N–H and O–H groups in total. The average molecular weight is 264 g/mol. The zero-order valence-corrected chi connectivity index (χ0v) is 12.5. The minimum atomic E-state index is 0.313. The maximum Gasteiger partial charge on any atom is 0.225 e. The molecular weight excluding hydrogens is 236 g/mol. The molecule has 19 heavy (non-hydrogen) atoms. The second-order valence-electron chi connectivity index (χ2n) is 6.13. The van der Waals surface area contributed by atoms with Crippen molar-refractivity contribution in [2.24, 2.45) is 5.92 Å². The van der Waals surface area contributed by atoms with Gasteiger partial charge in [0.25, 0.3) is 0 Å². The van der Waals surface area contributed by atoms with Gasteiger partial charge in [0.15, 0.2) is 0 Å². The first kappa shape index (κ1) is 14.6. The van der Waals surface area contributed by atoms with E-state index in [1.807, 2.05) is 0 Å². The quantitative estimate of drug-likeness (QED) is 0.713. The van der Waals surface area contributed by atoms with Crippen molar-refractivity contribution in [3.8, 4) is 0 Å². The maximum absolute atomic E-state index is 12.6. The molecule has 0 radical (unpaired) electrons. The summed E-state index contributed by atoms with van der Waals surface area (Å²) in [4.78, 5) is 17.0. The molecule has 3 heteroatoms. The molecule has 2 aliphatic rings. The van der Waals surface area contributed by atoms with Gasteiger partial charge in [0.05, 0.1) is 0 Å². The van der Waals surface area contributed by atoms with Crippen LogP contribution in [0.1, 0.15) is 45.4 Å². The third kappa shape index (κ3) is 4.07. The number of carbonyl (C=O) groups is 1. The first-order chi connectivity index (χ1) is 9.20. The largest absolute Gasteiger partial charge is 0.338 e. The molecule has 2 rings (SSSR count). The van der Waals surface area contributed by atoms with Crippen LogP contribution in [-0.2, 0) is 4.79 Å². The number of carbonyl (C=O) groups excluding carboxylic acids is 1. The highest BCUT2D eigenvalue weighted by atomic mass is 16.2. The first-order valence-electron chi connectivity index (χ1n) is 7.86. The normalized spacial score (nSPS) is 21.5. The van der Waals surface area contributed by atoms with Gasteiger partial charge in [-0.3, -0.25) is 4.79 Å². The summed E-state index contributed by atoms with van der Waals surface area (Å²) >= 11 is 0. The zero-order valence-electron chi connectivity index (χ0n) is 12.5. The van der Waals surface area contributed by atoms with Crippen molar-refractivity contribution in [3.05, 3.63) is 11.6 Å². The molecule has 1 amide bonds. The van der Waals surface area contributed by atoms with E-state index in [2.05, 4.69) is 29.8 Å². The van der Waals surface area contributed by atoms with Crippen molar-refractivity contribution in [2.75, 3.05) is 33.2 Å². The van der Waals surface area contributed by atoms with Gasteiger partial charge in [-0.2, -0.15) is 0 Å². The molecule has 0 spiro atoms. The topological polar surface area (TPSA) is 23.6 Å². The maximum atomic E-state index is 12.6. The molecule has 1 aliphatic heterocycles. The number of hydrogen-bond donors (Lipinski definition) is 0. The molecule has 0 aromatic heterocycles. The van der Waals surface area contributed by atoms with E-state index >= 15 is 0 Å².